The van der Waals surface area contributed by atoms with Crippen LogP contribution in [-0.4, -0.2) is 43.5 Å². The van der Waals surface area contributed by atoms with E-state index in [1.807, 2.05) is 6.66 Å². The molecular weight excluding hydrogens is 145 g/mol. The zero-order valence-corrected chi connectivity index (χ0v) is 7.73. The van der Waals surface area contributed by atoms with Gasteiger partial charge in [-0.3, -0.25) is 0 Å². The molecule has 60 valence electrons. The van der Waals surface area contributed by atoms with Crippen LogP contribution >= 0.6 is 7.14 Å². The average molecular weight is 161 g/mol. The third-order valence-corrected chi connectivity index (χ3v) is 4.52. The van der Waals surface area contributed by atoms with Crippen LogP contribution in [-0.2, 0) is 4.57 Å². The van der Waals surface area contributed by atoms with Gasteiger partial charge in [0.15, 0.2) is 0 Å². The predicted molar refractivity (Wildman–Crippen MR) is 45.4 cm³/mol. The van der Waals surface area contributed by atoms with Crippen LogP contribution in [0.1, 0.15) is 6.92 Å². The first-order valence-electron chi connectivity index (χ1n) is 3.92. The highest BCUT2D eigenvalue weighted by Gasteiger charge is 2.22. The van der Waals surface area contributed by atoms with Crippen molar-refractivity contribution in [2.24, 2.45) is 0 Å². The SMILES string of the molecule is CCN1CCP(C)(=O)CC1. The van der Waals surface area contributed by atoms with E-state index < -0.39 is 7.14 Å². The second-order valence-electron chi connectivity index (χ2n) is 3.18. The van der Waals surface area contributed by atoms with E-state index in [-0.39, 0.29) is 0 Å². The van der Waals surface area contributed by atoms with E-state index in [0.717, 1.165) is 32.0 Å². The molecule has 0 aromatic heterocycles. The molecule has 0 aromatic carbocycles. The Balaban J connectivity index is 2.38. The monoisotopic (exact) mass is 161 g/mol. The van der Waals surface area contributed by atoms with E-state index in [0.29, 0.717) is 0 Å². The number of hydrogen-bond acceptors (Lipinski definition) is 2. The van der Waals surface area contributed by atoms with Crippen molar-refractivity contribution in [1.82, 2.24) is 4.90 Å². The van der Waals surface area contributed by atoms with E-state index >= 15 is 0 Å². The minimum absolute atomic E-state index is 0.931. The first-order valence-corrected chi connectivity index (χ1v) is 6.44. The lowest BCUT2D eigenvalue weighted by atomic mass is 10.5. The Morgan fingerprint density at radius 2 is 1.90 bits per heavy atom. The van der Waals surface area contributed by atoms with Crippen LogP contribution in [0.15, 0.2) is 0 Å². The molecule has 0 aliphatic carbocycles. The van der Waals surface area contributed by atoms with Gasteiger partial charge < -0.3 is 9.46 Å². The summed E-state index contributed by atoms with van der Waals surface area (Å²) in [6, 6.07) is 0. The summed E-state index contributed by atoms with van der Waals surface area (Å²) in [7, 11) is -1.68. The zero-order valence-electron chi connectivity index (χ0n) is 6.84. The molecule has 0 amide bonds. The summed E-state index contributed by atoms with van der Waals surface area (Å²) in [6.07, 6.45) is 1.86. The molecule has 0 aromatic rings. The van der Waals surface area contributed by atoms with Crippen LogP contribution in [0.4, 0.5) is 0 Å². The van der Waals surface area contributed by atoms with Gasteiger partial charge in [-0.15, -0.1) is 0 Å². The van der Waals surface area contributed by atoms with Crippen molar-refractivity contribution < 1.29 is 4.57 Å². The van der Waals surface area contributed by atoms with Gasteiger partial charge in [-0.25, -0.2) is 0 Å². The highest BCUT2D eigenvalue weighted by molar-refractivity contribution is 7.63. The topological polar surface area (TPSA) is 20.3 Å². The summed E-state index contributed by atoms with van der Waals surface area (Å²) in [4.78, 5) is 2.36. The summed E-state index contributed by atoms with van der Waals surface area (Å²) in [5.74, 6) is 0. The van der Waals surface area contributed by atoms with Crippen LogP contribution in [0.5, 0.6) is 0 Å². The van der Waals surface area contributed by atoms with Gasteiger partial charge in [-0.1, -0.05) is 6.92 Å². The third kappa shape index (κ3) is 2.10. The highest BCUT2D eigenvalue weighted by Crippen LogP contribution is 2.42. The molecule has 0 atom stereocenters. The molecule has 3 heteroatoms. The van der Waals surface area contributed by atoms with E-state index in [9.17, 15) is 4.57 Å². The number of hydrogen-bond donors (Lipinski definition) is 0. The van der Waals surface area contributed by atoms with Crippen molar-refractivity contribution in [3.8, 4) is 0 Å². The summed E-state index contributed by atoms with van der Waals surface area (Å²) < 4.78 is 11.5. The first-order chi connectivity index (χ1) is 4.64. The quantitative estimate of drug-likeness (QED) is 0.540. The van der Waals surface area contributed by atoms with Crippen molar-refractivity contribution in [1.29, 1.82) is 0 Å². The van der Waals surface area contributed by atoms with E-state index in [4.69, 9.17) is 0 Å². The average Bonchev–Trinajstić information content (AvgIpc) is 1.88. The largest absolute Gasteiger partial charge is 0.324 e. The first kappa shape index (κ1) is 8.29. The van der Waals surface area contributed by atoms with Crippen LogP contribution in [0.2, 0.25) is 0 Å². The van der Waals surface area contributed by atoms with Crippen molar-refractivity contribution >= 4 is 7.14 Å². The Hall–Kier alpha value is 0.190. The van der Waals surface area contributed by atoms with Gasteiger partial charge in [0.2, 0.25) is 0 Å². The second-order valence-corrected chi connectivity index (χ2v) is 6.67. The van der Waals surface area contributed by atoms with Crippen molar-refractivity contribution in [3.05, 3.63) is 0 Å². The summed E-state index contributed by atoms with van der Waals surface area (Å²) in [5, 5.41) is 0. The van der Waals surface area contributed by atoms with Crippen LogP contribution in [0.3, 0.4) is 0 Å². The Bertz CT molecular complexity index is 146. The number of rotatable bonds is 1. The van der Waals surface area contributed by atoms with Crippen molar-refractivity contribution in [2.45, 2.75) is 6.92 Å². The van der Waals surface area contributed by atoms with Gasteiger partial charge in [-0.05, 0) is 13.2 Å². The minimum atomic E-state index is -1.68. The Morgan fingerprint density at radius 3 is 2.30 bits per heavy atom. The second kappa shape index (κ2) is 3.06. The van der Waals surface area contributed by atoms with Gasteiger partial charge in [0.1, 0.15) is 0 Å². The molecule has 0 bridgehead atoms. The molecule has 1 rings (SSSR count). The smallest absolute Gasteiger partial charge is 0.0873 e. The molecule has 0 saturated carbocycles. The lowest BCUT2D eigenvalue weighted by molar-refractivity contribution is 0.311. The van der Waals surface area contributed by atoms with Gasteiger partial charge in [0.25, 0.3) is 0 Å². The van der Waals surface area contributed by atoms with Crippen LogP contribution in [0, 0.1) is 0 Å². The minimum Gasteiger partial charge on any atom is -0.324 e. The fourth-order valence-corrected chi connectivity index (χ4v) is 2.88. The zero-order chi connectivity index (χ0) is 7.61. The Kier molecular flexibility index (Phi) is 2.54. The normalized spacial score (nSPS) is 26.6. The molecule has 2 nitrogen and oxygen atoms in total. The highest BCUT2D eigenvalue weighted by atomic mass is 31.2. The summed E-state index contributed by atoms with van der Waals surface area (Å²) in [5.41, 5.74) is 0. The van der Waals surface area contributed by atoms with E-state index in [1.54, 1.807) is 0 Å². The molecule has 0 spiro atoms. The van der Waals surface area contributed by atoms with Crippen LogP contribution < -0.4 is 0 Å². The number of nitrogens with zero attached hydrogens (tertiary/aromatic N) is 1. The Morgan fingerprint density at radius 1 is 1.40 bits per heavy atom. The molecule has 0 radical (unpaired) electrons. The van der Waals surface area contributed by atoms with Gasteiger partial charge >= 0.3 is 0 Å². The maximum absolute atomic E-state index is 11.5. The molecular formula is C7H16NOP. The molecule has 1 saturated heterocycles. The third-order valence-electron chi connectivity index (χ3n) is 2.23. The summed E-state index contributed by atoms with van der Waals surface area (Å²) in [6.45, 7) is 7.29. The van der Waals surface area contributed by atoms with Gasteiger partial charge in [0, 0.05) is 25.4 Å². The summed E-state index contributed by atoms with van der Waals surface area (Å²) >= 11 is 0. The maximum Gasteiger partial charge on any atom is 0.0873 e. The van der Waals surface area contributed by atoms with E-state index in [1.165, 1.54) is 0 Å². The van der Waals surface area contributed by atoms with Gasteiger partial charge in [-0.2, -0.15) is 0 Å². The van der Waals surface area contributed by atoms with E-state index in [2.05, 4.69) is 11.8 Å². The molecule has 0 N–H and O–H groups in total. The molecule has 1 fully saturated rings. The molecule has 1 aliphatic rings. The molecule has 0 unspecified atom stereocenters. The molecule has 1 aliphatic heterocycles. The lowest BCUT2D eigenvalue weighted by Gasteiger charge is -2.29. The molecule has 10 heavy (non-hydrogen) atoms. The van der Waals surface area contributed by atoms with Gasteiger partial charge in [0.05, 0.1) is 7.14 Å². The fourth-order valence-electron chi connectivity index (χ4n) is 1.25. The van der Waals surface area contributed by atoms with Crippen LogP contribution in [0.25, 0.3) is 0 Å². The predicted octanol–water partition coefficient (Wildman–Crippen LogP) is 1.31. The van der Waals surface area contributed by atoms with Crippen molar-refractivity contribution in [2.75, 3.05) is 38.6 Å². The lowest BCUT2D eigenvalue weighted by Crippen LogP contribution is -2.34. The fraction of sp³-hybridized carbons (Fsp3) is 1.00. The standard InChI is InChI=1S/C7H16NOP/c1-3-8-4-6-10(2,9)7-5-8/h3-7H2,1-2H3. The molecule has 1 heterocycles. The van der Waals surface area contributed by atoms with Crippen molar-refractivity contribution in [3.63, 3.8) is 0 Å². The Labute approximate surface area is 63.0 Å². The maximum atomic E-state index is 11.5.